The summed E-state index contributed by atoms with van der Waals surface area (Å²) >= 11 is 0. The number of benzene rings is 1. The molecule has 0 spiro atoms. The summed E-state index contributed by atoms with van der Waals surface area (Å²) in [6.07, 6.45) is 8.56. The van der Waals surface area contributed by atoms with Crippen molar-refractivity contribution in [2.75, 3.05) is 31.1 Å². The van der Waals surface area contributed by atoms with Crippen LogP contribution in [0.4, 0.5) is 5.82 Å². The third kappa shape index (κ3) is 4.53. The zero-order valence-corrected chi connectivity index (χ0v) is 18.3. The van der Waals surface area contributed by atoms with Gasteiger partial charge in [-0.15, -0.1) is 0 Å². The van der Waals surface area contributed by atoms with Crippen molar-refractivity contribution < 1.29 is 0 Å². The zero-order chi connectivity index (χ0) is 21.8. The van der Waals surface area contributed by atoms with E-state index in [2.05, 4.69) is 51.2 Å². The Labute approximate surface area is 188 Å². The number of rotatable bonds is 6. The van der Waals surface area contributed by atoms with Crippen LogP contribution in [0.2, 0.25) is 0 Å². The smallest absolute Gasteiger partial charge is 0.161 e. The Morgan fingerprint density at radius 1 is 0.906 bits per heavy atom. The van der Waals surface area contributed by atoms with Crippen LogP contribution < -0.4 is 4.90 Å². The van der Waals surface area contributed by atoms with E-state index in [4.69, 9.17) is 9.97 Å². The van der Waals surface area contributed by atoms with Crippen LogP contribution in [-0.2, 0) is 13.0 Å². The largest absolute Gasteiger partial charge is 0.354 e. The Hall–Kier alpha value is -3.58. The van der Waals surface area contributed by atoms with Gasteiger partial charge in [0, 0.05) is 74.2 Å². The molecule has 4 aromatic rings. The SMILES string of the molecule is CCc1cc(N2CCN(Cc3cnn(-c4ccccc4)c3)CC2)nc(-c2ccncc2)n1. The molecule has 7 heteroatoms. The van der Waals surface area contributed by atoms with E-state index in [1.807, 2.05) is 41.2 Å². The number of pyridine rings is 1. The van der Waals surface area contributed by atoms with Gasteiger partial charge in [-0.05, 0) is 30.7 Å². The summed E-state index contributed by atoms with van der Waals surface area (Å²) in [5, 5.41) is 4.53. The topological polar surface area (TPSA) is 63.0 Å². The Morgan fingerprint density at radius 2 is 1.69 bits per heavy atom. The molecule has 1 aliphatic rings. The van der Waals surface area contributed by atoms with Gasteiger partial charge in [0.2, 0.25) is 0 Å². The van der Waals surface area contributed by atoms with Crippen LogP contribution in [0.1, 0.15) is 18.2 Å². The maximum atomic E-state index is 4.88. The van der Waals surface area contributed by atoms with Gasteiger partial charge in [-0.2, -0.15) is 5.10 Å². The number of nitrogens with zero attached hydrogens (tertiary/aromatic N) is 7. The van der Waals surface area contributed by atoms with Crippen molar-refractivity contribution in [1.82, 2.24) is 29.6 Å². The van der Waals surface area contributed by atoms with E-state index < -0.39 is 0 Å². The molecule has 5 rings (SSSR count). The third-order valence-electron chi connectivity index (χ3n) is 5.83. The lowest BCUT2D eigenvalue weighted by Gasteiger charge is -2.35. The molecule has 32 heavy (non-hydrogen) atoms. The first-order valence-corrected chi connectivity index (χ1v) is 11.1. The molecule has 0 bridgehead atoms. The van der Waals surface area contributed by atoms with Crippen molar-refractivity contribution in [2.45, 2.75) is 19.9 Å². The normalized spacial score (nSPS) is 14.6. The average Bonchev–Trinajstić information content (AvgIpc) is 3.34. The van der Waals surface area contributed by atoms with Gasteiger partial charge in [-0.1, -0.05) is 25.1 Å². The second-order valence-corrected chi connectivity index (χ2v) is 8.02. The van der Waals surface area contributed by atoms with Gasteiger partial charge in [0.1, 0.15) is 5.82 Å². The molecule has 0 atom stereocenters. The number of anilines is 1. The van der Waals surface area contributed by atoms with E-state index in [0.29, 0.717) is 0 Å². The number of aryl methyl sites for hydroxylation is 1. The van der Waals surface area contributed by atoms with Crippen LogP contribution in [0.25, 0.3) is 17.1 Å². The molecule has 3 aromatic heterocycles. The van der Waals surface area contributed by atoms with Crippen molar-refractivity contribution in [3.8, 4) is 17.1 Å². The van der Waals surface area contributed by atoms with Crippen LogP contribution in [0.5, 0.6) is 0 Å². The van der Waals surface area contributed by atoms with Crippen molar-refractivity contribution in [3.63, 3.8) is 0 Å². The molecular formula is C25H27N7. The highest BCUT2D eigenvalue weighted by Crippen LogP contribution is 2.22. The monoisotopic (exact) mass is 425 g/mol. The predicted molar refractivity (Wildman–Crippen MR) is 126 cm³/mol. The molecule has 0 unspecified atom stereocenters. The second-order valence-electron chi connectivity index (χ2n) is 8.02. The molecule has 0 saturated carbocycles. The molecule has 7 nitrogen and oxygen atoms in total. The predicted octanol–water partition coefficient (Wildman–Crippen LogP) is 3.61. The fourth-order valence-corrected chi connectivity index (χ4v) is 4.01. The first-order valence-electron chi connectivity index (χ1n) is 11.1. The fourth-order valence-electron chi connectivity index (χ4n) is 4.01. The number of aromatic nitrogens is 5. The van der Waals surface area contributed by atoms with Crippen LogP contribution in [0.15, 0.2) is 73.3 Å². The first kappa shape index (κ1) is 20.3. The number of piperazine rings is 1. The number of para-hydroxylation sites is 1. The van der Waals surface area contributed by atoms with E-state index in [-0.39, 0.29) is 0 Å². The molecule has 0 aliphatic carbocycles. The lowest BCUT2D eigenvalue weighted by Crippen LogP contribution is -2.46. The summed E-state index contributed by atoms with van der Waals surface area (Å²) in [4.78, 5) is 18.6. The molecule has 0 radical (unpaired) electrons. The van der Waals surface area contributed by atoms with Gasteiger partial charge in [-0.3, -0.25) is 9.88 Å². The van der Waals surface area contributed by atoms with Crippen LogP contribution >= 0.6 is 0 Å². The highest BCUT2D eigenvalue weighted by Gasteiger charge is 2.20. The highest BCUT2D eigenvalue weighted by molar-refractivity contribution is 5.57. The minimum atomic E-state index is 0.775. The first-order chi connectivity index (χ1) is 15.8. The Morgan fingerprint density at radius 3 is 2.44 bits per heavy atom. The van der Waals surface area contributed by atoms with E-state index >= 15 is 0 Å². The lowest BCUT2D eigenvalue weighted by molar-refractivity contribution is 0.249. The van der Waals surface area contributed by atoms with Crippen molar-refractivity contribution in [3.05, 3.63) is 84.6 Å². The number of hydrogen-bond acceptors (Lipinski definition) is 6. The Balaban J connectivity index is 1.25. The summed E-state index contributed by atoms with van der Waals surface area (Å²) in [6, 6.07) is 16.3. The summed E-state index contributed by atoms with van der Waals surface area (Å²) in [5.74, 6) is 1.79. The Kier molecular flexibility index (Phi) is 5.89. The fraction of sp³-hybridized carbons (Fsp3) is 0.280. The zero-order valence-electron chi connectivity index (χ0n) is 18.3. The van der Waals surface area contributed by atoms with E-state index in [9.17, 15) is 0 Å². The maximum absolute atomic E-state index is 4.88. The Bertz CT molecular complexity index is 1150. The van der Waals surface area contributed by atoms with Crippen LogP contribution in [0, 0.1) is 0 Å². The molecule has 1 saturated heterocycles. The molecule has 0 N–H and O–H groups in total. The maximum Gasteiger partial charge on any atom is 0.161 e. The highest BCUT2D eigenvalue weighted by atomic mass is 15.3. The van der Waals surface area contributed by atoms with Gasteiger partial charge < -0.3 is 4.90 Å². The average molecular weight is 426 g/mol. The van der Waals surface area contributed by atoms with E-state index in [1.165, 1.54) is 5.56 Å². The second kappa shape index (κ2) is 9.28. The third-order valence-corrected chi connectivity index (χ3v) is 5.83. The van der Waals surface area contributed by atoms with Gasteiger partial charge in [0.05, 0.1) is 11.9 Å². The molecule has 1 fully saturated rings. The summed E-state index contributed by atoms with van der Waals surface area (Å²) in [6.45, 7) is 6.92. The van der Waals surface area contributed by atoms with Gasteiger partial charge in [0.15, 0.2) is 5.82 Å². The molecule has 162 valence electrons. The van der Waals surface area contributed by atoms with Crippen molar-refractivity contribution >= 4 is 5.82 Å². The standard InChI is InChI=1S/C25H27N7/c1-2-22-16-24(29-25(28-22)21-8-10-26-11-9-21)31-14-12-30(13-15-31)18-20-17-27-32(19-20)23-6-4-3-5-7-23/h3-11,16-17,19H,2,12-15,18H2,1H3. The molecule has 4 heterocycles. The molecule has 1 aromatic carbocycles. The van der Waals surface area contributed by atoms with Gasteiger partial charge in [0.25, 0.3) is 0 Å². The summed E-state index contributed by atoms with van der Waals surface area (Å²) in [7, 11) is 0. The van der Waals surface area contributed by atoms with Crippen molar-refractivity contribution in [2.24, 2.45) is 0 Å². The summed E-state index contributed by atoms with van der Waals surface area (Å²) in [5.41, 5.74) is 4.39. The number of hydrogen-bond donors (Lipinski definition) is 0. The lowest BCUT2D eigenvalue weighted by atomic mass is 10.2. The molecule has 1 aliphatic heterocycles. The van der Waals surface area contributed by atoms with E-state index in [0.717, 1.165) is 67.7 Å². The van der Waals surface area contributed by atoms with Crippen LogP contribution in [0.3, 0.4) is 0 Å². The minimum absolute atomic E-state index is 0.775. The van der Waals surface area contributed by atoms with Crippen molar-refractivity contribution in [1.29, 1.82) is 0 Å². The van der Waals surface area contributed by atoms with Crippen LogP contribution in [-0.4, -0.2) is 55.8 Å². The molecular weight excluding hydrogens is 398 g/mol. The summed E-state index contributed by atoms with van der Waals surface area (Å²) < 4.78 is 1.94. The van der Waals surface area contributed by atoms with Gasteiger partial charge >= 0.3 is 0 Å². The van der Waals surface area contributed by atoms with E-state index in [1.54, 1.807) is 12.4 Å². The minimum Gasteiger partial charge on any atom is -0.354 e. The molecule has 0 amide bonds. The van der Waals surface area contributed by atoms with Gasteiger partial charge in [-0.25, -0.2) is 14.6 Å². The quantitative estimate of drug-likeness (QED) is 0.470.